The van der Waals surface area contributed by atoms with Crippen LogP contribution in [0.5, 0.6) is 5.75 Å². The molecule has 6 heteroatoms. The van der Waals surface area contributed by atoms with Gasteiger partial charge < -0.3 is 4.74 Å². The molecule has 0 N–H and O–H groups in total. The first-order valence-corrected chi connectivity index (χ1v) is 10.0. The summed E-state index contributed by atoms with van der Waals surface area (Å²) in [5.41, 5.74) is 4.00. The number of thioether (sulfide) groups is 1. The number of hydrogen-bond acceptors (Lipinski definition) is 3. The average Bonchev–Trinajstić information content (AvgIpc) is 3.18. The number of alkyl halides is 2. The van der Waals surface area contributed by atoms with Crippen molar-refractivity contribution in [2.75, 3.05) is 0 Å². The monoisotopic (exact) mass is 408 g/mol. The molecule has 0 bridgehead atoms. The summed E-state index contributed by atoms with van der Waals surface area (Å²) in [7, 11) is 0. The molecule has 3 aromatic carbocycles. The minimum absolute atomic E-state index is 0.128. The summed E-state index contributed by atoms with van der Waals surface area (Å²) in [5, 5.41) is 0.829. The summed E-state index contributed by atoms with van der Waals surface area (Å²) < 4.78 is 31.4. The van der Waals surface area contributed by atoms with Gasteiger partial charge in [0, 0.05) is 17.0 Å². The number of halogens is 2. The van der Waals surface area contributed by atoms with Gasteiger partial charge in [-0.15, -0.1) is 0 Å². The van der Waals surface area contributed by atoms with Gasteiger partial charge >= 0.3 is 6.61 Å². The highest BCUT2D eigenvalue weighted by atomic mass is 32.2. The third-order valence-corrected chi connectivity index (χ3v) is 5.35. The zero-order chi connectivity index (χ0) is 20.1. The maximum absolute atomic E-state index is 12.5. The van der Waals surface area contributed by atoms with Crippen molar-refractivity contribution in [1.82, 2.24) is 9.55 Å². The normalized spacial score (nSPS) is 11.0. The fraction of sp³-hybridized carbons (Fsp3) is 0.0870. The van der Waals surface area contributed by atoms with Gasteiger partial charge in [-0.3, -0.25) is 4.57 Å². The number of nitrogens with zero attached hydrogens (tertiary/aromatic N) is 2. The number of rotatable bonds is 7. The smallest absolute Gasteiger partial charge is 0.387 e. The van der Waals surface area contributed by atoms with Gasteiger partial charge in [0.1, 0.15) is 5.75 Å². The Bertz CT molecular complexity index is 1050. The second-order valence-corrected chi connectivity index (χ2v) is 7.22. The molecular weight excluding hydrogens is 390 g/mol. The fourth-order valence-corrected chi connectivity index (χ4v) is 3.95. The van der Waals surface area contributed by atoms with Crippen molar-refractivity contribution in [3.63, 3.8) is 0 Å². The molecule has 0 aliphatic rings. The Balaban J connectivity index is 1.69. The van der Waals surface area contributed by atoms with Crippen LogP contribution in [0.3, 0.4) is 0 Å². The van der Waals surface area contributed by atoms with Crippen molar-refractivity contribution >= 4 is 11.8 Å². The zero-order valence-electron chi connectivity index (χ0n) is 15.4. The van der Waals surface area contributed by atoms with Crippen LogP contribution in [-0.2, 0) is 5.75 Å². The largest absolute Gasteiger partial charge is 0.435 e. The van der Waals surface area contributed by atoms with Crippen LogP contribution in [0.15, 0.2) is 96.3 Å². The molecule has 0 aliphatic carbocycles. The van der Waals surface area contributed by atoms with E-state index in [2.05, 4.69) is 21.9 Å². The van der Waals surface area contributed by atoms with Gasteiger partial charge in [0.2, 0.25) is 0 Å². The predicted octanol–water partition coefficient (Wildman–Crippen LogP) is 6.43. The van der Waals surface area contributed by atoms with Crippen molar-refractivity contribution in [3.05, 3.63) is 96.7 Å². The molecule has 0 radical (unpaired) electrons. The van der Waals surface area contributed by atoms with Crippen molar-refractivity contribution in [3.8, 4) is 22.7 Å². The summed E-state index contributed by atoms with van der Waals surface area (Å²) in [6.07, 6.45) is 1.84. The van der Waals surface area contributed by atoms with Gasteiger partial charge in [0.15, 0.2) is 5.16 Å². The van der Waals surface area contributed by atoms with Crippen LogP contribution in [-0.4, -0.2) is 16.2 Å². The van der Waals surface area contributed by atoms with E-state index in [4.69, 9.17) is 0 Å². The summed E-state index contributed by atoms with van der Waals surface area (Å²) in [4.78, 5) is 4.63. The van der Waals surface area contributed by atoms with Crippen LogP contribution in [0.1, 0.15) is 5.56 Å². The topological polar surface area (TPSA) is 27.1 Å². The lowest BCUT2D eigenvalue weighted by atomic mass is 10.1. The van der Waals surface area contributed by atoms with Gasteiger partial charge in [-0.1, -0.05) is 72.4 Å². The molecule has 0 fully saturated rings. The number of imidazole rings is 1. The molecule has 4 aromatic rings. The Morgan fingerprint density at radius 2 is 1.52 bits per heavy atom. The maximum atomic E-state index is 12.5. The second kappa shape index (κ2) is 8.92. The molecule has 0 unspecified atom stereocenters. The molecular formula is C23H18F2N2OS. The van der Waals surface area contributed by atoms with Gasteiger partial charge in [-0.25, -0.2) is 4.98 Å². The molecule has 0 amide bonds. The van der Waals surface area contributed by atoms with Crippen molar-refractivity contribution in [2.24, 2.45) is 0 Å². The van der Waals surface area contributed by atoms with Gasteiger partial charge in [0.05, 0.1) is 11.9 Å². The Morgan fingerprint density at radius 1 is 0.862 bits per heavy atom. The third kappa shape index (κ3) is 4.66. The minimum atomic E-state index is -2.84. The highest BCUT2D eigenvalue weighted by Crippen LogP contribution is 2.32. The third-order valence-electron chi connectivity index (χ3n) is 4.33. The maximum Gasteiger partial charge on any atom is 0.387 e. The first-order valence-electron chi connectivity index (χ1n) is 9.06. The summed E-state index contributed by atoms with van der Waals surface area (Å²) in [6, 6.07) is 26.7. The molecule has 3 nitrogen and oxygen atoms in total. The highest BCUT2D eigenvalue weighted by molar-refractivity contribution is 7.98. The summed E-state index contributed by atoms with van der Waals surface area (Å²) in [5.74, 6) is 0.905. The van der Waals surface area contributed by atoms with Gasteiger partial charge in [0.25, 0.3) is 0 Å². The van der Waals surface area contributed by atoms with E-state index in [1.54, 1.807) is 36.0 Å². The van der Waals surface area contributed by atoms with Gasteiger partial charge in [-0.2, -0.15) is 8.78 Å². The molecule has 0 aliphatic heterocycles. The molecule has 0 spiro atoms. The Kier molecular flexibility index (Phi) is 5.91. The Labute approximate surface area is 172 Å². The van der Waals surface area contributed by atoms with E-state index in [0.717, 1.165) is 27.9 Å². The minimum Gasteiger partial charge on any atom is -0.435 e. The number of aromatic nitrogens is 2. The fourth-order valence-electron chi connectivity index (χ4n) is 3.00. The van der Waals surface area contributed by atoms with Crippen LogP contribution >= 0.6 is 11.8 Å². The van der Waals surface area contributed by atoms with E-state index < -0.39 is 6.61 Å². The van der Waals surface area contributed by atoms with E-state index in [-0.39, 0.29) is 5.75 Å². The molecule has 0 saturated heterocycles. The first kappa shape index (κ1) is 19.2. The van der Waals surface area contributed by atoms with Crippen LogP contribution in [0.4, 0.5) is 8.78 Å². The number of hydrogen-bond donors (Lipinski definition) is 0. The molecule has 0 atom stereocenters. The van der Waals surface area contributed by atoms with Crippen molar-refractivity contribution < 1.29 is 13.5 Å². The standard InChI is InChI=1S/C23H18F2N2OS/c24-22(25)28-20-13-11-19(12-14-20)27-21(18-9-5-2-6-10-18)15-26-23(27)29-16-17-7-3-1-4-8-17/h1-15,22H,16H2. The van der Waals surface area contributed by atoms with Crippen LogP contribution in [0.2, 0.25) is 0 Å². The van der Waals surface area contributed by atoms with E-state index in [9.17, 15) is 8.78 Å². The number of benzene rings is 3. The predicted molar refractivity (Wildman–Crippen MR) is 112 cm³/mol. The molecule has 4 rings (SSSR count). The molecule has 0 saturated carbocycles. The lowest BCUT2D eigenvalue weighted by Crippen LogP contribution is -2.03. The first-order chi connectivity index (χ1) is 14.2. The molecule has 1 aromatic heterocycles. The zero-order valence-corrected chi connectivity index (χ0v) is 16.2. The molecule has 29 heavy (non-hydrogen) atoms. The van der Waals surface area contributed by atoms with Gasteiger partial charge in [-0.05, 0) is 29.8 Å². The summed E-state index contributed by atoms with van der Waals surface area (Å²) in [6.45, 7) is -2.84. The second-order valence-electron chi connectivity index (χ2n) is 6.27. The lowest BCUT2D eigenvalue weighted by molar-refractivity contribution is -0.0498. The van der Waals surface area contributed by atoms with Crippen LogP contribution in [0, 0.1) is 0 Å². The Morgan fingerprint density at radius 3 is 2.17 bits per heavy atom. The van der Waals surface area contributed by atoms with Crippen LogP contribution in [0.25, 0.3) is 16.9 Å². The van der Waals surface area contributed by atoms with E-state index >= 15 is 0 Å². The highest BCUT2D eigenvalue weighted by Gasteiger charge is 2.15. The van der Waals surface area contributed by atoms with E-state index in [0.29, 0.717) is 0 Å². The van der Waals surface area contributed by atoms with E-state index in [1.807, 2.05) is 59.3 Å². The molecule has 1 heterocycles. The van der Waals surface area contributed by atoms with Crippen molar-refractivity contribution in [1.29, 1.82) is 0 Å². The Hall–Kier alpha value is -3.12. The summed E-state index contributed by atoms with van der Waals surface area (Å²) >= 11 is 1.63. The number of ether oxygens (including phenoxy) is 1. The van der Waals surface area contributed by atoms with Crippen LogP contribution < -0.4 is 4.74 Å². The quantitative estimate of drug-likeness (QED) is 0.330. The average molecular weight is 408 g/mol. The van der Waals surface area contributed by atoms with Crippen molar-refractivity contribution in [2.45, 2.75) is 17.5 Å². The SMILES string of the molecule is FC(F)Oc1ccc(-n2c(-c3ccccc3)cnc2SCc2ccccc2)cc1. The molecule has 146 valence electrons. The lowest BCUT2D eigenvalue weighted by Gasteiger charge is -2.13. The van der Waals surface area contributed by atoms with E-state index in [1.165, 1.54) is 5.56 Å².